The summed E-state index contributed by atoms with van der Waals surface area (Å²) < 4.78 is 83.5. The van der Waals surface area contributed by atoms with Crippen LogP contribution in [0.2, 0.25) is 10.3 Å². The first kappa shape index (κ1) is 45.1. The second-order valence-corrected chi connectivity index (χ2v) is 16.1. The standard InChI is InChI=1S/C40H26Cl2N6O8S2.2Na.2H/c41-35-21-37(55-29-13-9-23-5-1-3-7-25(23)17-29)47-39(45-35)43-27-11-15-31(33(19-27)57(49,50)51)32-16-12-28(20-34(32)58(52,53)54)44-40-46-36(42)22-38(48-40)56-30-14-10-24-6-2-4-8-26(24)18-30;;;;/h1-22H,(H,43,45,47)(H,44,46,48)(H,49,50,51)(H,52,53,54);;;;. The summed E-state index contributed by atoms with van der Waals surface area (Å²) in [5.74, 6) is 0.939. The molecule has 0 atom stereocenters. The predicted octanol–water partition coefficient (Wildman–Crippen LogP) is 8.82. The fourth-order valence-electron chi connectivity index (χ4n) is 6.04. The van der Waals surface area contributed by atoms with Gasteiger partial charge in [-0.15, -0.1) is 0 Å². The molecule has 0 aliphatic rings. The minimum atomic E-state index is -5.01. The number of ether oxygens (including phenoxy) is 2. The van der Waals surface area contributed by atoms with Crippen LogP contribution in [0, 0.1) is 0 Å². The maximum absolute atomic E-state index is 12.8. The quantitative estimate of drug-likeness (QED) is 0.0545. The minimum absolute atomic E-state index is 0. The number of nitrogens with zero attached hydrogens (tertiary/aromatic N) is 4. The molecule has 0 radical (unpaired) electrons. The topological polar surface area (TPSA) is 203 Å². The van der Waals surface area contributed by atoms with Crippen LogP contribution in [0.15, 0.2) is 143 Å². The Labute approximate surface area is 397 Å². The molecule has 14 nitrogen and oxygen atoms in total. The number of fused-ring (bicyclic) bond motifs is 2. The molecular weight excluding hydrogens is 873 g/mol. The van der Waals surface area contributed by atoms with E-state index in [1.807, 2.05) is 72.8 Å². The van der Waals surface area contributed by atoms with Gasteiger partial charge in [0.25, 0.3) is 20.2 Å². The molecule has 294 valence electrons. The fourth-order valence-corrected chi connectivity index (χ4v) is 7.85. The van der Waals surface area contributed by atoms with Crippen molar-refractivity contribution in [2.24, 2.45) is 0 Å². The fraction of sp³-hybridized carbons (Fsp3) is 0. The Morgan fingerprint density at radius 3 is 1.23 bits per heavy atom. The monoisotopic (exact) mass is 900 g/mol. The molecule has 0 saturated carbocycles. The van der Waals surface area contributed by atoms with Gasteiger partial charge in [-0.25, -0.2) is 9.97 Å². The van der Waals surface area contributed by atoms with E-state index in [2.05, 4.69) is 30.6 Å². The molecular formula is C40H28Cl2N6Na2O8S2. The second-order valence-electron chi connectivity index (χ2n) is 12.5. The Bertz CT molecular complexity index is 2940. The Balaban J connectivity index is 0.00000302. The Hall–Kier alpha value is -4.40. The molecule has 8 rings (SSSR count). The van der Waals surface area contributed by atoms with Crippen molar-refractivity contribution in [1.82, 2.24) is 19.9 Å². The molecule has 8 aromatic rings. The number of hydrogen-bond acceptors (Lipinski definition) is 12. The van der Waals surface area contributed by atoms with Crippen LogP contribution in [0.4, 0.5) is 23.3 Å². The number of benzene rings is 6. The summed E-state index contributed by atoms with van der Waals surface area (Å²) in [6, 6.07) is 36.4. The van der Waals surface area contributed by atoms with E-state index in [9.17, 15) is 25.9 Å². The third kappa shape index (κ3) is 10.7. The summed E-state index contributed by atoms with van der Waals surface area (Å²) in [6.45, 7) is 0. The van der Waals surface area contributed by atoms with Gasteiger partial charge in [-0.05, 0) is 70.1 Å². The third-order valence-corrected chi connectivity index (χ3v) is 10.7. The molecule has 0 spiro atoms. The van der Waals surface area contributed by atoms with Crippen molar-refractivity contribution in [2.75, 3.05) is 10.6 Å². The summed E-state index contributed by atoms with van der Waals surface area (Å²) in [5.41, 5.74) is -0.377. The molecule has 2 aromatic heterocycles. The number of aromatic nitrogens is 4. The van der Waals surface area contributed by atoms with Gasteiger partial charge < -0.3 is 20.1 Å². The molecule has 0 aliphatic heterocycles. The number of anilines is 4. The van der Waals surface area contributed by atoms with Crippen LogP contribution in [0.3, 0.4) is 0 Å². The number of rotatable bonds is 11. The van der Waals surface area contributed by atoms with Gasteiger partial charge in [-0.3, -0.25) is 9.11 Å². The van der Waals surface area contributed by atoms with Crippen LogP contribution in [-0.4, -0.2) is 105 Å². The van der Waals surface area contributed by atoms with E-state index in [0.29, 0.717) is 11.5 Å². The van der Waals surface area contributed by atoms with Gasteiger partial charge in [0.15, 0.2) is 0 Å². The van der Waals surface area contributed by atoms with Gasteiger partial charge in [0.2, 0.25) is 23.7 Å². The SMILES string of the molecule is O=S(=O)(O)c1cc(Nc2nc(Cl)cc(Oc3ccc4ccccc4c3)n2)ccc1-c1ccc(Nc2nc(Cl)cc(Oc3ccc4ccccc4c3)n2)cc1S(=O)(=O)O.[NaH].[NaH]. The predicted molar refractivity (Wildman–Crippen MR) is 234 cm³/mol. The van der Waals surface area contributed by atoms with Crippen molar-refractivity contribution in [1.29, 1.82) is 0 Å². The van der Waals surface area contributed by atoms with E-state index >= 15 is 0 Å². The van der Waals surface area contributed by atoms with Gasteiger partial charge in [-0.1, -0.05) is 96.0 Å². The van der Waals surface area contributed by atoms with Gasteiger partial charge >= 0.3 is 59.1 Å². The van der Waals surface area contributed by atoms with Crippen LogP contribution in [-0.2, 0) is 20.2 Å². The first-order valence-corrected chi connectivity index (χ1v) is 20.6. The molecule has 20 heteroatoms. The molecule has 4 N–H and O–H groups in total. The second kappa shape index (κ2) is 18.7. The van der Waals surface area contributed by atoms with Gasteiger partial charge in [-0.2, -0.15) is 26.8 Å². The molecule has 0 saturated heterocycles. The normalized spacial score (nSPS) is 11.3. The Morgan fingerprint density at radius 1 is 0.467 bits per heavy atom. The van der Waals surface area contributed by atoms with E-state index in [1.165, 1.54) is 36.4 Å². The zero-order valence-corrected chi connectivity index (χ0v) is 32.6. The third-order valence-electron chi connectivity index (χ3n) is 8.55. The maximum atomic E-state index is 12.8. The first-order chi connectivity index (χ1) is 27.7. The van der Waals surface area contributed by atoms with E-state index < -0.39 is 30.0 Å². The van der Waals surface area contributed by atoms with Crippen LogP contribution in [0.5, 0.6) is 23.3 Å². The zero-order valence-electron chi connectivity index (χ0n) is 29.4. The van der Waals surface area contributed by atoms with Gasteiger partial charge in [0.05, 0.1) is 0 Å². The van der Waals surface area contributed by atoms with E-state index in [0.717, 1.165) is 33.7 Å². The van der Waals surface area contributed by atoms with Crippen LogP contribution in [0.1, 0.15) is 0 Å². The summed E-state index contributed by atoms with van der Waals surface area (Å²) in [4.78, 5) is 15.5. The summed E-state index contributed by atoms with van der Waals surface area (Å²) in [5, 5.41) is 9.56. The van der Waals surface area contributed by atoms with E-state index in [1.54, 1.807) is 12.1 Å². The summed E-state index contributed by atoms with van der Waals surface area (Å²) in [6.07, 6.45) is 0. The van der Waals surface area contributed by atoms with Crippen molar-refractivity contribution in [3.05, 3.63) is 144 Å². The molecule has 0 bridgehead atoms. The van der Waals surface area contributed by atoms with Crippen molar-refractivity contribution in [2.45, 2.75) is 9.79 Å². The molecule has 0 amide bonds. The summed E-state index contributed by atoms with van der Waals surface area (Å²) in [7, 11) is -10.0. The molecule has 2 heterocycles. The number of halogens is 2. The molecule has 0 unspecified atom stereocenters. The van der Waals surface area contributed by atoms with Crippen molar-refractivity contribution in [3.63, 3.8) is 0 Å². The van der Waals surface area contributed by atoms with Gasteiger partial charge in [0.1, 0.15) is 31.6 Å². The Kier molecular flexibility index (Phi) is 14.1. The average Bonchev–Trinajstić information content (AvgIpc) is 3.17. The van der Waals surface area contributed by atoms with Crippen molar-refractivity contribution < 1.29 is 35.4 Å². The average molecular weight is 902 g/mol. The van der Waals surface area contributed by atoms with Crippen molar-refractivity contribution in [3.8, 4) is 34.4 Å². The Morgan fingerprint density at radius 2 is 0.850 bits per heavy atom. The van der Waals surface area contributed by atoms with Crippen molar-refractivity contribution >= 4 is 147 Å². The summed E-state index contributed by atoms with van der Waals surface area (Å²) >= 11 is 12.5. The van der Waals surface area contributed by atoms with E-state index in [-0.39, 0.29) is 116 Å². The van der Waals surface area contributed by atoms with Crippen LogP contribution in [0.25, 0.3) is 32.7 Å². The molecule has 60 heavy (non-hydrogen) atoms. The van der Waals surface area contributed by atoms with E-state index in [4.69, 9.17) is 32.7 Å². The zero-order chi connectivity index (χ0) is 40.6. The first-order valence-electron chi connectivity index (χ1n) is 16.9. The molecule has 0 aliphatic carbocycles. The van der Waals surface area contributed by atoms with Crippen LogP contribution >= 0.6 is 23.2 Å². The van der Waals surface area contributed by atoms with Gasteiger partial charge in [0, 0.05) is 34.6 Å². The molecule has 6 aromatic carbocycles. The number of nitrogens with one attached hydrogen (secondary N) is 2. The van der Waals surface area contributed by atoms with Crippen LogP contribution < -0.4 is 20.1 Å². The molecule has 0 fully saturated rings. The number of hydrogen-bond donors (Lipinski definition) is 4.